The van der Waals surface area contributed by atoms with Crippen LogP contribution in [0.3, 0.4) is 0 Å². The van der Waals surface area contributed by atoms with Crippen molar-refractivity contribution in [3.05, 3.63) is 40.9 Å². The number of hydrogen-bond acceptors (Lipinski definition) is 6. The number of nitrogens with zero attached hydrogens (tertiary/aromatic N) is 2. The van der Waals surface area contributed by atoms with Crippen molar-refractivity contribution >= 4 is 28.3 Å². The molecule has 7 heteroatoms. The first kappa shape index (κ1) is 15.8. The summed E-state index contributed by atoms with van der Waals surface area (Å²) >= 11 is 0. The number of nitrogens with one attached hydrogen (secondary N) is 1. The minimum Gasteiger partial charge on any atom is -0.511 e. The molecule has 0 aliphatic rings. The fraction of sp³-hybridized carbons (Fsp3) is 0.125. The molecular formula is C16H11N3O4. The lowest BCUT2D eigenvalue weighted by Crippen LogP contribution is -2.16. The number of ketones is 1. The highest BCUT2D eigenvalue weighted by molar-refractivity contribution is 6.15. The number of carbonyl (C=O) groups excluding carboxylic acids is 2. The molecule has 1 amide bonds. The van der Waals surface area contributed by atoms with Crippen LogP contribution in [0, 0.1) is 22.7 Å². The van der Waals surface area contributed by atoms with Crippen molar-refractivity contribution in [2.45, 2.75) is 13.8 Å². The monoisotopic (exact) mass is 309 g/mol. The maximum Gasteiger partial charge on any atom is 0.269 e. The van der Waals surface area contributed by atoms with Crippen LogP contribution in [-0.2, 0) is 4.79 Å². The molecule has 0 saturated heterocycles. The van der Waals surface area contributed by atoms with Gasteiger partial charge in [-0.05, 0) is 25.1 Å². The topological polar surface area (TPSA) is 127 Å². The third-order valence-electron chi connectivity index (χ3n) is 3.08. The minimum atomic E-state index is -0.875. The number of allylic oxidation sites excluding steroid dienone is 1. The summed E-state index contributed by atoms with van der Waals surface area (Å²) in [6.07, 6.45) is 0. The van der Waals surface area contributed by atoms with Crippen LogP contribution in [0.5, 0.6) is 0 Å². The van der Waals surface area contributed by atoms with Gasteiger partial charge in [0.05, 0.1) is 17.3 Å². The second-order valence-corrected chi connectivity index (χ2v) is 4.71. The first-order chi connectivity index (χ1) is 10.9. The average molecular weight is 309 g/mol. The lowest BCUT2D eigenvalue weighted by Gasteiger charge is -2.04. The smallest absolute Gasteiger partial charge is 0.269 e. The molecule has 0 bridgehead atoms. The van der Waals surface area contributed by atoms with Gasteiger partial charge in [-0.2, -0.15) is 10.5 Å². The van der Waals surface area contributed by atoms with Gasteiger partial charge in [0.2, 0.25) is 0 Å². The number of hydrogen-bond donors (Lipinski definition) is 2. The number of Topliss-reactive ketones (excluding diaryl/α,β-unsaturated/α-hetero) is 1. The predicted octanol–water partition coefficient (Wildman–Crippen LogP) is 2.80. The van der Waals surface area contributed by atoms with E-state index >= 15 is 0 Å². The van der Waals surface area contributed by atoms with Crippen LogP contribution in [0.15, 0.2) is 33.9 Å². The number of amides is 1. The Morgan fingerprint density at radius 3 is 2.48 bits per heavy atom. The van der Waals surface area contributed by atoms with Crippen molar-refractivity contribution in [1.82, 2.24) is 0 Å². The van der Waals surface area contributed by atoms with E-state index in [1.807, 2.05) is 6.07 Å². The van der Waals surface area contributed by atoms with Gasteiger partial charge in [0, 0.05) is 12.3 Å². The third kappa shape index (κ3) is 2.89. The largest absolute Gasteiger partial charge is 0.511 e. The van der Waals surface area contributed by atoms with E-state index in [1.165, 1.54) is 32.0 Å². The first-order valence-corrected chi connectivity index (χ1v) is 6.48. The number of benzene rings is 1. The highest BCUT2D eigenvalue weighted by Crippen LogP contribution is 2.32. The Morgan fingerprint density at radius 1 is 1.26 bits per heavy atom. The van der Waals surface area contributed by atoms with Crippen LogP contribution in [0.4, 0.5) is 5.69 Å². The number of nitriles is 2. The third-order valence-corrected chi connectivity index (χ3v) is 3.08. The summed E-state index contributed by atoms with van der Waals surface area (Å²) in [7, 11) is 0. The van der Waals surface area contributed by atoms with Gasteiger partial charge in [-0.25, -0.2) is 0 Å². The first-order valence-electron chi connectivity index (χ1n) is 6.48. The van der Waals surface area contributed by atoms with Crippen molar-refractivity contribution < 1.29 is 19.1 Å². The summed E-state index contributed by atoms with van der Waals surface area (Å²) in [5, 5.41) is 30.0. The molecule has 0 fully saturated rings. The molecule has 0 atom stereocenters. The molecule has 1 aromatic heterocycles. The molecule has 0 saturated carbocycles. The Hall–Kier alpha value is -3.58. The van der Waals surface area contributed by atoms with Gasteiger partial charge in [0.15, 0.2) is 17.1 Å². The molecule has 2 rings (SSSR count). The Balaban J connectivity index is 2.63. The van der Waals surface area contributed by atoms with E-state index in [-0.39, 0.29) is 11.4 Å². The molecule has 2 N–H and O–H groups in total. The standard InChI is InChI=1S/C16H11N3O4/c1-8(20)12(7-18)16(22)19-14-11-5-10(6-17)3-4-13(11)23-15(14)9(2)21/h3-5,20H,1-2H3,(H,19,22). The molecule has 0 spiro atoms. The fourth-order valence-electron chi connectivity index (χ4n) is 2.01. The van der Waals surface area contributed by atoms with Crippen molar-refractivity contribution in [2.24, 2.45) is 0 Å². The van der Waals surface area contributed by atoms with Gasteiger partial charge in [0.1, 0.15) is 17.4 Å². The van der Waals surface area contributed by atoms with Gasteiger partial charge in [-0.15, -0.1) is 0 Å². The maximum atomic E-state index is 12.1. The molecule has 114 valence electrons. The van der Waals surface area contributed by atoms with Crippen molar-refractivity contribution in [1.29, 1.82) is 10.5 Å². The summed E-state index contributed by atoms with van der Waals surface area (Å²) in [6.45, 7) is 2.46. The second-order valence-electron chi connectivity index (χ2n) is 4.71. The predicted molar refractivity (Wildman–Crippen MR) is 80.5 cm³/mol. The van der Waals surface area contributed by atoms with Crippen LogP contribution >= 0.6 is 0 Å². The summed E-state index contributed by atoms with van der Waals surface area (Å²) in [6, 6.07) is 8.01. The quantitative estimate of drug-likeness (QED) is 0.388. The number of aliphatic hydroxyl groups excluding tert-OH is 1. The second kappa shape index (κ2) is 6.04. The van der Waals surface area contributed by atoms with E-state index in [1.54, 1.807) is 6.07 Å². The summed E-state index contributed by atoms with van der Waals surface area (Å²) in [5.41, 5.74) is 0.208. The Kier molecular flexibility index (Phi) is 4.15. The van der Waals surface area contributed by atoms with E-state index in [9.17, 15) is 14.7 Å². The molecule has 0 unspecified atom stereocenters. The van der Waals surface area contributed by atoms with E-state index in [2.05, 4.69) is 5.32 Å². The Bertz CT molecular complexity index is 935. The molecule has 1 aromatic carbocycles. The number of fused-ring (bicyclic) bond motifs is 1. The zero-order chi connectivity index (χ0) is 17.1. The molecule has 1 heterocycles. The SMILES string of the molecule is CC(=O)c1oc2ccc(C#N)cc2c1NC(=O)C(C#N)=C(C)O. The van der Waals surface area contributed by atoms with Gasteiger partial charge in [-0.1, -0.05) is 0 Å². The fourth-order valence-corrected chi connectivity index (χ4v) is 2.01. The summed E-state index contributed by atoms with van der Waals surface area (Å²) in [5.74, 6) is -1.85. The van der Waals surface area contributed by atoms with Crippen LogP contribution < -0.4 is 5.32 Å². The molecule has 23 heavy (non-hydrogen) atoms. The average Bonchev–Trinajstić information content (AvgIpc) is 2.85. The molecule has 7 nitrogen and oxygen atoms in total. The Labute approximate surface area is 131 Å². The van der Waals surface area contributed by atoms with Gasteiger partial charge >= 0.3 is 0 Å². The van der Waals surface area contributed by atoms with Crippen LogP contribution in [0.25, 0.3) is 11.0 Å². The van der Waals surface area contributed by atoms with E-state index in [4.69, 9.17) is 14.9 Å². The zero-order valence-electron chi connectivity index (χ0n) is 12.3. The van der Waals surface area contributed by atoms with Crippen molar-refractivity contribution in [2.75, 3.05) is 5.32 Å². The number of carbonyl (C=O) groups is 2. The van der Waals surface area contributed by atoms with Crippen LogP contribution in [-0.4, -0.2) is 16.8 Å². The van der Waals surface area contributed by atoms with Crippen molar-refractivity contribution in [3.63, 3.8) is 0 Å². The van der Waals surface area contributed by atoms with Gasteiger partial charge in [0.25, 0.3) is 5.91 Å². The lowest BCUT2D eigenvalue weighted by atomic mass is 10.1. The van der Waals surface area contributed by atoms with Crippen LogP contribution in [0.2, 0.25) is 0 Å². The Morgan fingerprint density at radius 2 is 1.96 bits per heavy atom. The van der Waals surface area contributed by atoms with E-state index in [0.29, 0.717) is 16.5 Å². The normalized spacial score (nSPS) is 11.3. The van der Waals surface area contributed by atoms with E-state index < -0.39 is 23.0 Å². The molecule has 0 aliphatic carbocycles. The van der Waals surface area contributed by atoms with Gasteiger partial charge < -0.3 is 14.8 Å². The highest BCUT2D eigenvalue weighted by Gasteiger charge is 2.22. The molecule has 0 radical (unpaired) electrons. The number of furan rings is 1. The van der Waals surface area contributed by atoms with Crippen molar-refractivity contribution in [3.8, 4) is 12.1 Å². The van der Waals surface area contributed by atoms with Crippen LogP contribution in [0.1, 0.15) is 30.0 Å². The maximum absolute atomic E-state index is 12.1. The number of anilines is 1. The number of rotatable bonds is 3. The van der Waals surface area contributed by atoms with Gasteiger partial charge in [-0.3, -0.25) is 9.59 Å². The molecule has 2 aromatic rings. The zero-order valence-corrected chi connectivity index (χ0v) is 12.3. The number of aliphatic hydroxyl groups is 1. The minimum absolute atomic E-state index is 0.0589. The highest BCUT2D eigenvalue weighted by atomic mass is 16.3. The lowest BCUT2D eigenvalue weighted by molar-refractivity contribution is -0.112. The summed E-state index contributed by atoms with van der Waals surface area (Å²) in [4.78, 5) is 23.8. The summed E-state index contributed by atoms with van der Waals surface area (Å²) < 4.78 is 5.40. The molecule has 0 aliphatic heterocycles. The molecular weight excluding hydrogens is 298 g/mol. The van der Waals surface area contributed by atoms with E-state index in [0.717, 1.165) is 0 Å².